The van der Waals surface area contributed by atoms with Crippen molar-refractivity contribution in [2.24, 2.45) is 5.92 Å². The van der Waals surface area contributed by atoms with E-state index in [1.54, 1.807) is 0 Å². The Labute approximate surface area is 157 Å². The second-order valence-electron chi connectivity index (χ2n) is 6.37. The van der Waals surface area contributed by atoms with Crippen LogP contribution in [0.3, 0.4) is 0 Å². The second kappa shape index (κ2) is 11.5. The maximum atomic E-state index is 12.0. The minimum Gasteiger partial charge on any atom is -0.399 e. The topological polar surface area (TPSA) is 67.6 Å². The summed E-state index contributed by atoms with van der Waals surface area (Å²) < 4.78 is 5.73. The normalized spacial score (nSPS) is 17.7. The molecular formula is C17H29Cl2N3O2. The van der Waals surface area contributed by atoms with Crippen LogP contribution in [0.5, 0.6) is 0 Å². The molecule has 5 nitrogen and oxygen atoms in total. The van der Waals surface area contributed by atoms with Gasteiger partial charge in [0, 0.05) is 31.9 Å². The van der Waals surface area contributed by atoms with Crippen molar-refractivity contribution in [3.63, 3.8) is 0 Å². The minimum absolute atomic E-state index is 0. The summed E-state index contributed by atoms with van der Waals surface area (Å²) in [7, 11) is 0. The molecule has 138 valence electrons. The first-order chi connectivity index (χ1) is 10.5. The Balaban J connectivity index is 0.00000264. The number of anilines is 1. The molecule has 1 atom stereocenters. The highest BCUT2D eigenvalue weighted by atomic mass is 35.5. The average molecular weight is 378 g/mol. The van der Waals surface area contributed by atoms with Crippen LogP contribution in [0, 0.1) is 5.92 Å². The molecule has 0 radical (unpaired) electrons. The lowest BCUT2D eigenvalue weighted by Crippen LogP contribution is -2.48. The van der Waals surface area contributed by atoms with Gasteiger partial charge >= 0.3 is 0 Å². The van der Waals surface area contributed by atoms with Crippen molar-refractivity contribution >= 4 is 36.4 Å². The largest absolute Gasteiger partial charge is 0.399 e. The van der Waals surface area contributed by atoms with Gasteiger partial charge in [0.15, 0.2) is 0 Å². The number of morpholine rings is 1. The molecule has 1 aliphatic rings. The molecule has 7 heteroatoms. The summed E-state index contributed by atoms with van der Waals surface area (Å²) in [5, 5.41) is 2.97. The smallest absolute Gasteiger partial charge is 0.224 e. The van der Waals surface area contributed by atoms with E-state index in [9.17, 15) is 4.79 Å². The van der Waals surface area contributed by atoms with Crippen LogP contribution in [0.1, 0.15) is 19.4 Å². The number of hydrogen-bond donors (Lipinski definition) is 2. The fourth-order valence-corrected chi connectivity index (χ4v) is 2.70. The number of benzene rings is 1. The number of carbonyl (C=O) groups excluding carboxylic acids is 1. The minimum atomic E-state index is 0. The Hall–Kier alpha value is -1.01. The highest BCUT2D eigenvalue weighted by Gasteiger charge is 2.21. The van der Waals surface area contributed by atoms with Crippen LogP contribution in [0.2, 0.25) is 0 Å². The standard InChI is InChI=1S/C17H27N3O2.2ClH/c1-13(2)11-20-7-8-22-16(12-20)10-19-17(21)9-14-3-5-15(18)6-4-14;;/h3-6,13,16H,7-12,18H2,1-2H3,(H,19,21);2*1H. The van der Waals surface area contributed by atoms with Crippen molar-refractivity contribution in [3.8, 4) is 0 Å². The quantitative estimate of drug-likeness (QED) is 0.745. The maximum Gasteiger partial charge on any atom is 0.224 e. The zero-order valence-electron chi connectivity index (χ0n) is 14.4. The molecule has 2 rings (SSSR count). The Morgan fingerprint density at radius 1 is 1.33 bits per heavy atom. The molecule has 1 amide bonds. The van der Waals surface area contributed by atoms with Crippen LogP contribution >= 0.6 is 24.8 Å². The van der Waals surface area contributed by atoms with Crippen LogP contribution in [0.25, 0.3) is 0 Å². The van der Waals surface area contributed by atoms with Gasteiger partial charge in [0.2, 0.25) is 5.91 Å². The van der Waals surface area contributed by atoms with Gasteiger partial charge in [-0.25, -0.2) is 0 Å². The van der Waals surface area contributed by atoms with Crippen molar-refractivity contribution in [3.05, 3.63) is 29.8 Å². The molecule has 0 saturated carbocycles. The number of rotatable bonds is 6. The third-order valence-corrected chi connectivity index (χ3v) is 3.72. The summed E-state index contributed by atoms with van der Waals surface area (Å²) in [6.07, 6.45) is 0.464. The Bertz CT molecular complexity index is 483. The molecule has 1 saturated heterocycles. The highest BCUT2D eigenvalue weighted by molar-refractivity contribution is 5.85. The van der Waals surface area contributed by atoms with Gasteiger partial charge < -0.3 is 15.8 Å². The van der Waals surface area contributed by atoms with Crippen molar-refractivity contribution in [2.75, 3.05) is 38.5 Å². The number of halogens is 2. The molecule has 0 bridgehead atoms. The van der Waals surface area contributed by atoms with E-state index in [0.29, 0.717) is 24.6 Å². The van der Waals surface area contributed by atoms with E-state index in [0.717, 1.165) is 31.8 Å². The summed E-state index contributed by atoms with van der Waals surface area (Å²) in [5.41, 5.74) is 7.32. The lowest BCUT2D eigenvalue weighted by Gasteiger charge is -2.33. The van der Waals surface area contributed by atoms with E-state index < -0.39 is 0 Å². The molecule has 1 aromatic rings. The van der Waals surface area contributed by atoms with Gasteiger partial charge in [-0.05, 0) is 23.6 Å². The van der Waals surface area contributed by atoms with Gasteiger partial charge in [0.25, 0.3) is 0 Å². The first kappa shape index (κ1) is 23.0. The van der Waals surface area contributed by atoms with E-state index in [4.69, 9.17) is 10.5 Å². The summed E-state index contributed by atoms with van der Waals surface area (Å²) in [6.45, 7) is 8.71. The molecule has 1 unspecified atom stereocenters. The first-order valence-electron chi connectivity index (χ1n) is 7.98. The maximum absolute atomic E-state index is 12.0. The van der Waals surface area contributed by atoms with Crippen molar-refractivity contribution in [2.45, 2.75) is 26.4 Å². The number of amides is 1. The molecule has 3 N–H and O–H groups in total. The Morgan fingerprint density at radius 2 is 2.00 bits per heavy atom. The van der Waals surface area contributed by atoms with Crippen molar-refractivity contribution in [1.82, 2.24) is 10.2 Å². The molecule has 1 aromatic carbocycles. The Kier molecular flexibility index (Phi) is 11.0. The van der Waals surface area contributed by atoms with Crippen LogP contribution in [0.4, 0.5) is 5.69 Å². The highest BCUT2D eigenvalue weighted by Crippen LogP contribution is 2.08. The second-order valence-corrected chi connectivity index (χ2v) is 6.37. The van der Waals surface area contributed by atoms with Gasteiger partial charge in [-0.15, -0.1) is 24.8 Å². The summed E-state index contributed by atoms with van der Waals surface area (Å²) >= 11 is 0. The predicted octanol–water partition coefficient (Wildman–Crippen LogP) is 2.13. The number of carbonyl (C=O) groups is 1. The van der Waals surface area contributed by atoms with Gasteiger partial charge in [-0.3, -0.25) is 9.69 Å². The van der Waals surface area contributed by atoms with Gasteiger partial charge in [0.1, 0.15) is 0 Å². The zero-order valence-corrected chi connectivity index (χ0v) is 16.0. The first-order valence-corrected chi connectivity index (χ1v) is 7.98. The summed E-state index contributed by atoms with van der Waals surface area (Å²) in [4.78, 5) is 14.4. The fraction of sp³-hybridized carbons (Fsp3) is 0.588. The van der Waals surface area contributed by atoms with E-state index in [-0.39, 0.29) is 36.8 Å². The number of nitrogens with zero attached hydrogens (tertiary/aromatic N) is 1. The third-order valence-electron chi connectivity index (χ3n) is 3.72. The average Bonchev–Trinajstić information content (AvgIpc) is 2.47. The molecule has 0 aliphatic carbocycles. The molecular weight excluding hydrogens is 349 g/mol. The van der Waals surface area contributed by atoms with Crippen LogP contribution < -0.4 is 11.1 Å². The van der Waals surface area contributed by atoms with E-state index in [2.05, 4.69) is 24.1 Å². The lowest BCUT2D eigenvalue weighted by atomic mass is 10.1. The van der Waals surface area contributed by atoms with Crippen molar-refractivity contribution < 1.29 is 9.53 Å². The van der Waals surface area contributed by atoms with E-state index in [1.807, 2.05) is 24.3 Å². The Morgan fingerprint density at radius 3 is 2.62 bits per heavy atom. The number of nitrogen functional groups attached to an aromatic ring is 1. The lowest BCUT2D eigenvalue weighted by molar-refractivity contribution is -0.121. The predicted molar refractivity (Wildman–Crippen MR) is 103 cm³/mol. The summed E-state index contributed by atoms with van der Waals surface area (Å²) in [5.74, 6) is 0.674. The summed E-state index contributed by atoms with van der Waals surface area (Å²) in [6, 6.07) is 7.40. The van der Waals surface area contributed by atoms with Gasteiger partial charge in [0.05, 0.1) is 19.1 Å². The number of nitrogens with one attached hydrogen (secondary N) is 1. The zero-order chi connectivity index (χ0) is 15.9. The van der Waals surface area contributed by atoms with Crippen LogP contribution in [-0.2, 0) is 16.0 Å². The monoisotopic (exact) mass is 377 g/mol. The fourth-order valence-electron chi connectivity index (χ4n) is 2.70. The third kappa shape index (κ3) is 8.20. The molecule has 1 fully saturated rings. The molecule has 0 aromatic heterocycles. The van der Waals surface area contributed by atoms with Crippen LogP contribution in [-0.4, -0.2) is 49.7 Å². The molecule has 1 aliphatic heterocycles. The molecule has 1 heterocycles. The molecule has 24 heavy (non-hydrogen) atoms. The van der Waals surface area contributed by atoms with Crippen LogP contribution in [0.15, 0.2) is 24.3 Å². The van der Waals surface area contributed by atoms with Gasteiger partial charge in [-0.2, -0.15) is 0 Å². The van der Waals surface area contributed by atoms with Gasteiger partial charge in [-0.1, -0.05) is 26.0 Å². The van der Waals surface area contributed by atoms with E-state index >= 15 is 0 Å². The molecule has 0 spiro atoms. The van der Waals surface area contributed by atoms with Crippen molar-refractivity contribution in [1.29, 1.82) is 0 Å². The van der Waals surface area contributed by atoms with E-state index in [1.165, 1.54) is 0 Å². The number of hydrogen-bond acceptors (Lipinski definition) is 4. The SMILES string of the molecule is CC(C)CN1CCOC(CNC(=O)Cc2ccc(N)cc2)C1.Cl.Cl. The number of nitrogens with two attached hydrogens (primary N) is 1. The number of ether oxygens (including phenoxy) is 1.